The van der Waals surface area contributed by atoms with Gasteiger partial charge in [-0.1, -0.05) is 51.7 Å². The first kappa shape index (κ1) is 33.6. The highest BCUT2D eigenvalue weighted by molar-refractivity contribution is 5.65. The summed E-state index contributed by atoms with van der Waals surface area (Å²) in [5.41, 5.74) is -0.427. The van der Waals surface area contributed by atoms with E-state index in [0.717, 1.165) is 38.5 Å². The second-order valence-electron chi connectivity index (χ2n) is 11.1. The van der Waals surface area contributed by atoms with E-state index in [1.807, 2.05) is 25.1 Å². The van der Waals surface area contributed by atoms with E-state index in [2.05, 4.69) is 19.9 Å². The first-order chi connectivity index (χ1) is 20.8. The maximum atomic E-state index is 12.0. The fraction of sp³-hybridized carbons (Fsp3) is 0.606. The van der Waals surface area contributed by atoms with Gasteiger partial charge in [-0.05, 0) is 50.8 Å². The smallest absolute Gasteiger partial charge is 0.248 e. The molecule has 0 aliphatic carbocycles. The largest absolute Gasteiger partial charge is 0.490 e. The van der Waals surface area contributed by atoms with Crippen molar-refractivity contribution in [3.8, 4) is 40.6 Å². The number of nitro groups is 1. The average molecular weight is 599 g/mol. The molecule has 2 aromatic carbocycles. The van der Waals surface area contributed by atoms with Crippen molar-refractivity contribution in [1.82, 2.24) is 0 Å². The molecule has 0 radical (unpaired) electrons. The Morgan fingerprint density at radius 1 is 0.953 bits per heavy atom. The van der Waals surface area contributed by atoms with Gasteiger partial charge in [0, 0.05) is 16.9 Å². The van der Waals surface area contributed by atoms with Crippen LogP contribution in [-0.2, 0) is 5.41 Å². The van der Waals surface area contributed by atoms with Gasteiger partial charge in [0.1, 0.15) is 0 Å². The maximum absolute atomic E-state index is 12.0. The van der Waals surface area contributed by atoms with Crippen molar-refractivity contribution >= 4 is 0 Å². The van der Waals surface area contributed by atoms with E-state index < -0.39 is 17.7 Å². The molecule has 10 heteroatoms. The lowest BCUT2D eigenvalue weighted by Gasteiger charge is -2.28. The summed E-state index contributed by atoms with van der Waals surface area (Å²) in [6, 6.07) is 10.6. The van der Waals surface area contributed by atoms with Gasteiger partial charge in [-0.25, -0.2) is 0 Å². The average Bonchev–Trinajstić information content (AvgIpc) is 3.43. The van der Waals surface area contributed by atoms with E-state index in [4.69, 9.17) is 28.4 Å². The van der Waals surface area contributed by atoms with Crippen LogP contribution in [0.3, 0.4) is 0 Å². The number of hydrogen-bond donors (Lipinski definition) is 0. The molecule has 10 nitrogen and oxygen atoms in total. The van der Waals surface area contributed by atoms with Crippen LogP contribution in [0.5, 0.6) is 34.5 Å². The molecule has 0 spiro atoms. The standard InChI is InChI=1S/C33H46N2O8/c1-6-8-12-19-40-28-22-25(30(41-20-13-9-7-2)32(39-5)31(28)38-4)33(3,23-34)18-14-15-24(35(36)37)21-29-42-26-16-10-11-17-27(26)43-29/h10-11,16-17,22,24,29H,6-9,12-15,18-21H2,1-5H3. The van der Waals surface area contributed by atoms with Crippen molar-refractivity contribution in [3.05, 3.63) is 46.0 Å². The van der Waals surface area contributed by atoms with E-state index in [1.54, 1.807) is 19.2 Å². The first-order valence-electron chi connectivity index (χ1n) is 15.3. The zero-order chi connectivity index (χ0) is 31.2. The predicted molar refractivity (Wildman–Crippen MR) is 163 cm³/mol. The summed E-state index contributed by atoms with van der Waals surface area (Å²) in [6.45, 7) is 7.02. The van der Waals surface area contributed by atoms with Crippen LogP contribution in [0.15, 0.2) is 30.3 Å². The van der Waals surface area contributed by atoms with E-state index in [1.165, 1.54) is 7.11 Å². The van der Waals surface area contributed by atoms with Crippen LogP contribution in [0.2, 0.25) is 0 Å². The molecule has 1 aliphatic heterocycles. The summed E-state index contributed by atoms with van der Waals surface area (Å²) in [6.07, 6.45) is 6.27. The number of nitrogens with zero attached hydrogens (tertiary/aromatic N) is 2. The van der Waals surface area contributed by atoms with Crippen LogP contribution >= 0.6 is 0 Å². The Morgan fingerprint density at radius 2 is 1.56 bits per heavy atom. The number of benzene rings is 2. The molecule has 1 aliphatic rings. The number of ether oxygens (including phenoxy) is 6. The van der Waals surface area contributed by atoms with Crippen LogP contribution in [0.25, 0.3) is 0 Å². The number of para-hydroxylation sites is 2. The lowest BCUT2D eigenvalue weighted by Crippen LogP contribution is -2.30. The molecule has 0 N–H and O–H groups in total. The minimum atomic E-state index is -1.04. The number of rotatable bonds is 20. The topological polar surface area (TPSA) is 122 Å². The quantitative estimate of drug-likeness (QED) is 0.0860. The highest BCUT2D eigenvalue weighted by Crippen LogP contribution is 2.51. The molecule has 0 saturated heterocycles. The third kappa shape index (κ3) is 8.82. The zero-order valence-corrected chi connectivity index (χ0v) is 26.2. The molecule has 2 aromatic rings. The van der Waals surface area contributed by atoms with E-state index >= 15 is 0 Å². The van der Waals surface area contributed by atoms with Crippen LogP contribution in [0, 0.1) is 21.4 Å². The van der Waals surface area contributed by atoms with Crippen molar-refractivity contribution in [1.29, 1.82) is 5.26 Å². The molecule has 1 heterocycles. The monoisotopic (exact) mass is 598 g/mol. The van der Waals surface area contributed by atoms with Gasteiger partial charge in [-0.3, -0.25) is 10.1 Å². The molecule has 236 valence electrons. The van der Waals surface area contributed by atoms with Crippen molar-refractivity contribution in [2.75, 3.05) is 27.4 Å². The number of unbranched alkanes of at least 4 members (excludes halogenated alkanes) is 4. The van der Waals surface area contributed by atoms with Gasteiger partial charge in [0.05, 0.1) is 45.3 Å². The van der Waals surface area contributed by atoms with E-state index in [9.17, 15) is 15.4 Å². The Labute approximate surface area is 255 Å². The molecule has 2 atom stereocenters. The Hall–Kier alpha value is -3.87. The third-order valence-electron chi connectivity index (χ3n) is 7.75. The number of fused-ring (bicyclic) bond motifs is 1. The Balaban J connectivity index is 1.84. The maximum Gasteiger partial charge on any atom is 0.248 e. The molecular formula is C33H46N2O8. The summed E-state index contributed by atoms with van der Waals surface area (Å²) in [7, 11) is 3.09. The predicted octanol–water partition coefficient (Wildman–Crippen LogP) is 7.63. The van der Waals surface area contributed by atoms with E-state index in [-0.39, 0.29) is 17.8 Å². The van der Waals surface area contributed by atoms with Crippen molar-refractivity contribution in [2.24, 2.45) is 0 Å². The lowest BCUT2D eigenvalue weighted by atomic mass is 9.78. The molecular weight excluding hydrogens is 552 g/mol. The van der Waals surface area contributed by atoms with Gasteiger partial charge in [-0.2, -0.15) is 5.26 Å². The fourth-order valence-electron chi connectivity index (χ4n) is 5.22. The molecule has 0 amide bonds. The molecule has 3 rings (SSSR count). The highest BCUT2D eigenvalue weighted by Gasteiger charge is 2.37. The van der Waals surface area contributed by atoms with Crippen molar-refractivity contribution < 1.29 is 33.3 Å². The van der Waals surface area contributed by atoms with Gasteiger partial charge in [0.2, 0.25) is 23.8 Å². The molecule has 43 heavy (non-hydrogen) atoms. The van der Waals surface area contributed by atoms with Crippen LogP contribution in [0.1, 0.15) is 90.5 Å². The fourth-order valence-corrected chi connectivity index (χ4v) is 5.22. The summed E-state index contributed by atoms with van der Waals surface area (Å²) >= 11 is 0. The highest BCUT2D eigenvalue weighted by atomic mass is 16.7. The molecule has 0 bridgehead atoms. The SMILES string of the molecule is CCCCCOc1cc(C(C)(C#N)CCCC(CC2Oc3ccccc3O2)[N+](=O)[O-])c(OCCCCC)c(OC)c1OC. The van der Waals surface area contributed by atoms with Crippen molar-refractivity contribution in [2.45, 2.75) is 103 Å². The Kier molecular flexibility index (Phi) is 13.0. The third-order valence-corrected chi connectivity index (χ3v) is 7.75. The van der Waals surface area contributed by atoms with Crippen molar-refractivity contribution in [3.63, 3.8) is 0 Å². The molecule has 0 aromatic heterocycles. The molecule has 0 saturated carbocycles. The number of nitriles is 1. The van der Waals surface area contributed by atoms with Crippen LogP contribution in [0.4, 0.5) is 0 Å². The second kappa shape index (κ2) is 16.7. The first-order valence-corrected chi connectivity index (χ1v) is 15.3. The summed E-state index contributed by atoms with van der Waals surface area (Å²) in [4.78, 5) is 11.7. The number of methoxy groups -OCH3 is 2. The van der Waals surface area contributed by atoms with Gasteiger partial charge in [-0.15, -0.1) is 0 Å². The summed E-state index contributed by atoms with van der Waals surface area (Å²) < 4.78 is 35.5. The Bertz CT molecular complexity index is 1210. The summed E-state index contributed by atoms with van der Waals surface area (Å²) in [5.74, 6) is 2.88. The summed E-state index contributed by atoms with van der Waals surface area (Å²) in [5, 5.41) is 22.5. The van der Waals surface area contributed by atoms with Gasteiger partial charge >= 0.3 is 0 Å². The lowest BCUT2D eigenvalue weighted by molar-refractivity contribution is -0.527. The minimum absolute atomic E-state index is 0.100. The second-order valence-corrected chi connectivity index (χ2v) is 11.1. The van der Waals surface area contributed by atoms with Gasteiger partial charge in [0.25, 0.3) is 0 Å². The molecule has 0 fully saturated rings. The van der Waals surface area contributed by atoms with Gasteiger partial charge in [0.15, 0.2) is 23.0 Å². The Morgan fingerprint density at radius 3 is 2.09 bits per heavy atom. The zero-order valence-electron chi connectivity index (χ0n) is 26.2. The normalized spacial score (nSPS) is 14.4. The van der Waals surface area contributed by atoms with Gasteiger partial charge < -0.3 is 28.4 Å². The van der Waals surface area contributed by atoms with Crippen LogP contribution < -0.4 is 28.4 Å². The minimum Gasteiger partial charge on any atom is -0.490 e. The molecule has 2 unspecified atom stereocenters. The van der Waals surface area contributed by atoms with E-state index in [0.29, 0.717) is 66.1 Å². The number of hydrogen-bond acceptors (Lipinski definition) is 9. The van der Waals surface area contributed by atoms with Crippen LogP contribution in [-0.4, -0.2) is 44.7 Å².